The number of aromatic amines is 1. The lowest BCUT2D eigenvalue weighted by atomic mass is 10.0. The van der Waals surface area contributed by atoms with Crippen LogP contribution in [0.4, 0.5) is 5.69 Å². The second kappa shape index (κ2) is 5.67. The molecule has 0 unspecified atom stereocenters. The van der Waals surface area contributed by atoms with Gasteiger partial charge in [0.25, 0.3) is 5.91 Å². The van der Waals surface area contributed by atoms with E-state index in [1.807, 2.05) is 31.3 Å². The number of nitrogens with one attached hydrogen (secondary N) is 1. The highest BCUT2D eigenvalue weighted by atomic mass is 16.2. The lowest BCUT2D eigenvalue weighted by Crippen LogP contribution is -2.42. The topological polar surface area (TPSA) is 52.2 Å². The van der Waals surface area contributed by atoms with Gasteiger partial charge in [0, 0.05) is 56.2 Å². The smallest absolute Gasteiger partial charge is 0.255 e. The molecule has 1 aromatic carbocycles. The Balaban J connectivity index is 1.74. The minimum atomic E-state index is 0.0748. The Morgan fingerprint density at radius 3 is 2.58 bits per heavy atom. The first-order valence-electron chi connectivity index (χ1n) is 8.17. The maximum absolute atomic E-state index is 12.4. The third-order valence-corrected chi connectivity index (χ3v) is 4.62. The highest BCUT2D eigenvalue weighted by molar-refractivity contribution is 6.01. The van der Waals surface area contributed by atoms with Crippen LogP contribution in [0.2, 0.25) is 0 Å². The van der Waals surface area contributed by atoms with Crippen LogP contribution in [-0.4, -0.2) is 48.0 Å². The molecule has 0 atom stereocenters. The Bertz CT molecular complexity index is 891. The second-order valence-corrected chi connectivity index (χ2v) is 6.41. The van der Waals surface area contributed by atoms with Crippen LogP contribution in [0.1, 0.15) is 16.8 Å². The first kappa shape index (κ1) is 14.8. The predicted octanol–water partition coefficient (Wildman–Crippen LogP) is 3.14. The van der Waals surface area contributed by atoms with Gasteiger partial charge in [-0.15, -0.1) is 0 Å². The van der Waals surface area contributed by atoms with E-state index in [-0.39, 0.29) is 5.91 Å². The molecule has 4 rings (SSSR count). The van der Waals surface area contributed by atoms with Gasteiger partial charge in [-0.25, -0.2) is 4.98 Å². The van der Waals surface area contributed by atoms with Gasteiger partial charge in [-0.1, -0.05) is 12.1 Å². The van der Waals surface area contributed by atoms with E-state index < -0.39 is 0 Å². The normalized spacial score (nSPS) is 13.8. The van der Waals surface area contributed by atoms with Gasteiger partial charge in [0.1, 0.15) is 5.65 Å². The maximum atomic E-state index is 12.4. The predicted molar refractivity (Wildman–Crippen MR) is 96.4 cm³/mol. The number of pyridine rings is 1. The molecular formula is C19H20N4O. The van der Waals surface area contributed by atoms with Crippen molar-refractivity contribution in [1.82, 2.24) is 14.9 Å². The van der Waals surface area contributed by atoms with Crippen molar-refractivity contribution in [3.05, 3.63) is 48.3 Å². The number of hydrogen-bond donors (Lipinski definition) is 1. The van der Waals surface area contributed by atoms with Crippen molar-refractivity contribution in [3.8, 4) is 11.1 Å². The molecule has 0 bridgehead atoms. The monoisotopic (exact) mass is 320 g/mol. The van der Waals surface area contributed by atoms with Crippen molar-refractivity contribution in [2.45, 2.75) is 6.42 Å². The fourth-order valence-corrected chi connectivity index (χ4v) is 3.00. The number of H-pyrrole nitrogens is 1. The van der Waals surface area contributed by atoms with E-state index in [0.717, 1.165) is 47.4 Å². The summed E-state index contributed by atoms with van der Waals surface area (Å²) in [5.41, 5.74) is 4.81. The molecular weight excluding hydrogens is 300 g/mol. The van der Waals surface area contributed by atoms with Gasteiger partial charge in [-0.05, 0) is 30.2 Å². The summed E-state index contributed by atoms with van der Waals surface area (Å²) in [6, 6.07) is 10.3. The van der Waals surface area contributed by atoms with Crippen molar-refractivity contribution in [3.63, 3.8) is 0 Å². The second-order valence-electron chi connectivity index (χ2n) is 6.41. The van der Waals surface area contributed by atoms with Crippen LogP contribution in [0.3, 0.4) is 0 Å². The number of carbonyl (C=O) groups is 1. The molecule has 1 amide bonds. The molecule has 0 radical (unpaired) electrons. The number of aromatic nitrogens is 2. The number of carbonyl (C=O) groups excluding carboxylic acids is 1. The number of nitrogens with zero attached hydrogens (tertiary/aromatic N) is 3. The Morgan fingerprint density at radius 2 is 1.96 bits per heavy atom. The van der Waals surface area contributed by atoms with Gasteiger partial charge < -0.3 is 14.8 Å². The van der Waals surface area contributed by atoms with Crippen molar-refractivity contribution < 1.29 is 4.79 Å². The number of rotatable bonds is 3. The number of likely N-dealkylation sites (tertiary alicyclic amines) is 1. The van der Waals surface area contributed by atoms with E-state index in [2.05, 4.69) is 39.1 Å². The Morgan fingerprint density at radius 1 is 1.21 bits per heavy atom. The molecule has 1 aliphatic heterocycles. The molecule has 3 heterocycles. The van der Waals surface area contributed by atoms with Crippen molar-refractivity contribution >= 4 is 22.6 Å². The SMILES string of the molecule is CN(C)c1ccc(-c2c[nH]c3ncc(C(=O)N4CCC4)cc23)cc1. The standard InChI is InChI=1S/C19H20N4O/c1-22(2)15-6-4-13(5-7-15)17-12-21-18-16(17)10-14(11-20-18)19(24)23-8-3-9-23/h4-7,10-12H,3,8-9H2,1-2H3,(H,20,21). The zero-order chi connectivity index (χ0) is 16.7. The average molecular weight is 320 g/mol. The van der Waals surface area contributed by atoms with E-state index in [1.165, 1.54) is 0 Å². The Kier molecular flexibility index (Phi) is 3.49. The van der Waals surface area contributed by atoms with Crippen molar-refractivity contribution in [1.29, 1.82) is 0 Å². The van der Waals surface area contributed by atoms with Crippen LogP contribution in [0, 0.1) is 0 Å². The van der Waals surface area contributed by atoms with Crippen molar-refractivity contribution in [2.75, 3.05) is 32.1 Å². The fourth-order valence-electron chi connectivity index (χ4n) is 3.00. The highest BCUT2D eigenvalue weighted by Gasteiger charge is 2.22. The summed E-state index contributed by atoms with van der Waals surface area (Å²) in [5.74, 6) is 0.0748. The number of hydrogen-bond acceptors (Lipinski definition) is 3. The van der Waals surface area contributed by atoms with Crippen molar-refractivity contribution in [2.24, 2.45) is 0 Å². The summed E-state index contributed by atoms with van der Waals surface area (Å²) < 4.78 is 0. The van der Waals surface area contributed by atoms with Crippen LogP contribution in [0.5, 0.6) is 0 Å². The first-order chi connectivity index (χ1) is 11.6. The average Bonchev–Trinajstić information content (AvgIpc) is 2.96. The van der Waals surface area contributed by atoms with E-state index in [1.54, 1.807) is 6.20 Å². The van der Waals surface area contributed by atoms with Crippen LogP contribution in [0.15, 0.2) is 42.7 Å². The molecule has 1 saturated heterocycles. The van der Waals surface area contributed by atoms with Gasteiger partial charge in [0.15, 0.2) is 0 Å². The minimum Gasteiger partial charge on any atom is -0.378 e. The molecule has 5 nitrogen and oxygen atoms in total. The van der Waals surface area contributed by atoms with Crippen LogP contribution < -0.4 is 4.90 Å². The summed E-state index contributed by atoms with van der Waals surface area (Å²) in [7, 11) is 4.05. The number of fused-ring (bicyclic) bond motifs is 1. The highest BCUT2D eigenvalue weighted by Crippen LogP contribution is 2.30. The molecule has 0 aliphatic carbocycles. The third kappa shape index (κ3) is 2.42. The number of benzene rings is 1. The molecule has 1 N–H and O–H groups in total. The van der Waals surface area contributed by atoms with E-state index in [9.17, 15) is 4.79 Å². The summed E-state index contributed by atoms with van der Waals surface area (Å²) in [5, 5.41) is 0.985. The molecule has 0 saturated carbocycles. The summed E-state index contributed by atoms with van der Waals surface area (Å²) >= 11 is 0. The third-order valence-electron chi connectivity index (χ3n) is 4.62. The van der Waals surface area contributed by atoms with Crippen LogP contribution in [0.25, 0.3) is 22.2 Å². The lowest BCUT2D eigenvalue weighted by molar-refractivity contribution is 0.0651. The van der Waals surface area contributed by atoms with Gasteiger partial charge >= 0.3 is 0 Å². The first-order valence-corrected chi connectivity index (χ1v) is 8.17. The van der Waals surface area contributed by atoms with E-state index in [4.69, 9.17) is 0 Å². The molecule has 2 aromatic heterocycles. The lowest BCUT2D eigenvalue weighted by Gasteiger charge is -2.30. The molecule has 24 heavy (non-hydrogen) atoms. The molecule has 0 spiro atoms. The van der Waals surface area contributed by atoms with Gasteiger partial charge in [-0.3, -0.25) is 4.79 Å². The molecule has 5 heteroatoms. The molecule has 1 fully saturated rings. The van der Waals surface area contributed by atoms with Crippen LogP contribution in [-0.2, 0) is 0 Å². The Hall–Kier alpha value is -2.82. The summed E-state index contributed by atoms with van der Waals surface area (Å²) in [4.78, 5) is 24.0. The molecule has 3 aromatic rings. The Labute approximate surface area is 140 Å². The quantitative estimate of drug-likeness (QED) is 0.806. The van der Waals surface area contributed by atoms with E-state index >= 15 is 0 Å². The zero-order valence-corrected chi connectivity index (χ0v) is 13.9. The molecule has 1 aliphatic rings. The summed E-state index contributed by atoms with van der Waals surface area (Å²) in [6.45, 7) is 1.70. The zero-order valence-electron chi connectivity index (χ0n) is 13.9. The van der Waals surface area contributed by atoms with Gasteiger partial charge in [0.05, 0.1) is 5.56 Å². The minimum absolute atomic E-state index is 0.0748. The number of anilines is 1. The maximum Gasteiger partial charge on any atom is 0.255 e. The van der Waals surface area contributed by atoms with E-state index in [0.29, 0.717) is 5.56 Å². The molecule has 122 valence electrons. The largest absolute Gasteiger partial charge is 0.378 e. The fraction of sp³-hybridized carbons (Fsp3) is 0.263. The van der Waals surface area contributed by atoms with Gasteiger partial charge in [0.2, 0.25) is 0 Å². The van der Waals surface area contributed by atoms with Crippen LogP contribution >= 0.6 is 0 Å². The number of amides is 1. The summed E-state index contributed by atoms with van der Waals surface area (Å²) in [6.07, 6.45) is 4.72. The van der Waals surface area contributed by atoms with Gasteiger partial charge in [-0.2, -0.15) is 0 Å².